The van der Waals surface area contributed by atoms with Gasteiger partial charge in [-0.3, -0.25) is 10.1 Å². The Morgan fingerprint density at radius 2 is 2.10 bits per heavy atom. The van der Waals surface area contributed by atoms with Gasteiger partial charge in [0.05, 0.1) is 4.92 Å². The summed E-state index contributed by atoms with van der Waals surface area (Å²) in [6, 6.07) is 3.18. The van der Waals surface area contributed by atoms with Gasteiger partial charge in [-0.05, 0) is 63.9 Å². The minimum absolute atomic E-state index is 0.0324. The van der Waals surface area contributed by atoms with Crippen LogP contribution >= 0.6 is 11.6 Å². The first kappa shape index (κ1) is 16.0. The lowest BCUT2D eigenvalue weighted by atomic mass is 9.94. The molecule has 1 aromatic carbocycles. The standard InChI is InChI=1S/C15H22ClN3O2/c1-11-9-15(19(20)21)13(16)10-14(11)17-6-3-12-4-7-18(2)8-5-12/h9-10,12,17H,3-8H2,1-2H3. The maximum atomic E-state index is 10.8. The number of benzene rings is 1. The van der Waals surface area contributed by atoms with Gasteiger partial charge in [-0.25, -0.2) is 0 Å². The van der Waals surface area contributed by atoms with E-state index in [1.807, 2.05) is 6.92 Å². The van der Waals surface area contributed by atoms with Crippen molar-refractivity contribution in [2.45, 2.75) is 26.2 Å². The Hall–Kier alpha value is -1.33. The van der Waals surface area contributed by atoms with Crippen LogP contribution in [0.1, 0.15) is 24.8 Å². The predicted octanol–water partition coefficient (Wildman–Crippen LogP) is 3.70. The van der Waals surface area contributed by atoms with Crippen molar-refractivity contribution in [2.24, 2.45) is 5.92 Å². The molecule has 0 saturated carbocycles. The lowest BCUT2D eigenvalue weighted by molar-refractivity contribution is -0.384. The number of aryl methyl sites for hydroxylation is 1. The van der Waals surface area contributed by atoms with E-state index < -0.39 is 4.92 Å². The highest BCUT2D eigenvalue weighted by Gasteiger charge is 2.17. The van der Waals surface area contributed by atoms with Gasteiger partial charge in [0.15, 0.2) is 0 Å². The van der Waals surface area contributed by atoms with Gasteiger partial charge >= 0.3 is 0 Å². The summed E-state index contributed by atoms with van der Waals surface area (Å²) in [6.07, 6.45) is 3.62. The van der Waals surface area contributed by atoms with Gasteiger partial charge in [-0.15, -0.1) is 0 Å². The average molecular weight is 312 g/mol. The molecule has 0 atom stereocenters. The first-order valence-corrected chi connectivity index (χ1v) is 7.72. The van der Waals surface area contributed by atoms with Gasteiger partial charge in [0, 0.05) is 18.3 Å². The highest BCUT2D eigenvalue weighted by atomic mass is 35.5. The number of halogens is 1. The molecule has 6 heteroatoms. The second-order valence-corrected chi connectivity index (χ2v) is 6.24. The van der Waals surface area contributed by atoms with Crippen LogP contribution in [0.15, 0.2) is 12.1 Å². The molecule has 0 amide bonds. The number of rotatable bonds is 5. The Morgan fingerprint density at radius 3 is 2.71 bits per heavy atom. The third kappa shape index (κ3) is 4.32. The number of nitrogens with one attached hydrogen (secondary N) is 1. The van der Waals surface area contributed by atoms with Crippen molar-refractivity contribution in [3.63, 3.8) is 0 Å². The molecule has 5 nitrogen and oxygen atoms in total. The molecule has 1 aliphatic heterocycles. The molecule has 116 valence electrons. The maximum absolute atomic E-state index is 10.8. The molecular weight excluding hydrogens is 290 g/mol. The van der Waals surface area contributed by atoms with E-state index in [1.54, 1.807) is 6.07 Å². The van der Waals surface area contributed by atoms with Crippen LogP contribution in [0.4, 0.5) is 11.4 Å². The number of likely N-dealkylation sites (tertiary alicyclic amines) is 1. The Bertz CT molecular complexity index is 514. The van der Waals surface area contributed by atoms with Crippen LogP contribution in [-0.2, 0) is 0 Å². The van der Waals surface area contributed by atoms with E-state index in [2.05, 4.69) is 17.3 Å². The third-order valence-corrected chi connectivity index (χ3v) is 4.50. The largest absolute Gasteiger partial charge is 0.385 e. The summed E-state index contributed by atoms with van der Waals surface area (Å²) >= 11 is 5.95. The van der Waals surface area contributed by atoms with Crippen molar-refractivity contribution < 1.29 is 4.92 Å². The SMILES string of the molecule is Cc1cc([N+](=O)[O-])c(Cl)cc1NCCC1CCN(C)CC1. The monoisotopic (exact) mass is 311 g/mol. The summed E-state index contributed by atoms with van der Waals surface area (Å²) < 4.78 is 0. The van der Waals surface area contributed by atoms with Crippen LogP contribution in [0, 0.1) is 23.0 Å². The van der Waals surface area contributed by atoms with E-state index in [0.717, 1.165) is 30.1 Å². The van der Waals surface area contributed by atoms with Crippen molar-refractivity contribution >= 4 is 23.0 Å². The number of hydrogen-bond donors (Lipinski definition) is 1. The normalized spacial score (nSPS) is 16.9. The van der Waals surface area contributed by atoms with E-state index >= 15 is 0 Å². The molecule has 1 heterocycles. The Balaban J connectivity index is 1.88. The van der Waals surface area contributed by atoms with Crippen LogP contribution in [0.25, 0.3) is 0 Å². The average Bonchev–Trinajstić information content (AvgIpc) is 2.44. The summed E-state index contributed by atoms with van der Waals surface area (Å²) in [5, 5.41) is 14.4. The van der Waals surface area contributed by atoms with Gasteiger partial charge in [0.25, 0.3) is 5.69 Å². The summed E-state index contributed by atoms with van der Waals surface area (Å²) in [5.74, 6) is 0.766. The van der Waals surface area contributed by atoms with Crippen molar-refractivity contribution in [3.05, 3.63) is 32.8 Å². The Labute approximate surface area is 130 Å². The fourth-order valence-corrected chi connectivity index (χ4v) is 2.99. The maximum Gasteiger partial charge on any atom is 0.288 e. The van der Waals surface area contributed by atoms with Crippen molar-refractivity contribution in [1.29, 1.82) is 0 Å². The van der Waals surface area contributed by atoms with Crippen molar-refractivity contribution in [3.8, 4) is 0 Å². The van der Waals surface area contributed by atoms with Gasteiger partial charge in [-0.2, -0.15) is 0 Å². The van der Waals surface area contributed by atoms with Crippen molar-refractivity contribution in [1.82, 2.24) is 4.90 Å². The molecule has 1 aromatic rings. The highest BCUT2D eigenvalue weighted by molar-refractivity contribution is 6.33. The molecule has 1 aliphatic rings. The molecule has 0 bridgehead atoms. The third-order valence-electron chi connectivity index (χ3n) is 4.20. The van der Waals surface area contributed by atoms with Gasteiger partial charge in [0.2, 0.25) is 0 Å². The molecule has 21 heavy (non-hydrogen) atoms. The second-order valence-electron chi connectivity index (χ2n) is 5.84. The van der Waals surface area contributed by atoms with Gasteiger partial charge in [-0.1, -0.05) is 11.6 Å². The molecule has 0 unspecified atom stereocenters. The molecule has 0 aliphatic carbocycles. The van der Waals surface area contributed by atoms with E-state index in [-0.39, 0.29) is 10.7 Å². The number of nitro benzene ring substituents is 1. The predicted molar refractivity (Wildman–Crippen MR) is 86.2 cm³/mol. The zero-order valence-electron chi connectivity index (χ0n) is 12.6. The summed E-state index contributed by atoms with van der Waals surface area (Å²) in [6.45, 7) is 5.09. The van der Waals surface area contributed by atoms with Gasteiger partial charge < -0.3 is 10.2 Å². The minimum Gasteiger partial charge on any atom is -0.385 e. The van der Waals surface area contributed by atoms with E-state index in [9.17, 15) is 10.1 Å². The van der Waals surface area contributed by atoms with Crippen LogP contribution in [0.3, 0.4) is 0 Å². The van der Waals surface area contributed by atoms with E-state index in [4.69, 9.17) is 11.6 Å². The Morgan fingerprint density at radius 1 is 1.43 bits per heavy atom. The number of hydrogen-bond acceptors (Lipinski definition) is 4. The number of nitrogens with zero attached hydrogens (tertiary/aromatic N) is 2. The van der Waals surface area contributed by atoms with E-state index in [0.29, 0.717) is 0 Å². The number of piperidine rings is 1. The summed E-state index contributed by atoms with van der Waals surface area (Å²) in [5.41, 5.74) is 1.71. The molecule has 1 N–H and O–H groups in total. The van der Waals surface area contributed by atoms with Crippen molar-refractivity contribution in [2.75, 3.05) is 32.0 Å². The van der Waals surface area contributed by atoms with Crippen LogP contribution in [0.5, 0.6) is 0 Å². The fourth-order valence-electron chi connectivity index (χ4n) is 2.76. The fraction of sp³-hybridized carbons (Fsp3) is 0.600. The summed E-state index contributed by atoms with van der Waals surface area (Å²) in [7, 11) is 2.16. The molecule has 0 aromatic heterocycles. The zero-order chi connectivity index (χ0) is 15.4. The highest BCUT2D eigenvalue weighted by Crippen LogP contribution is 2.30. The molecule has 2 rings (SSSR count). The van der Waals surface area contributed by atoms with Crippen LogP contribution < -0.4 is 5.32 Å². The molecule has 1 saturated heterocycles. The zero-order valence-corrected chi connectivity index (χ0v) is 13.3. The lowest BCUT2D eigenvalue weighted by Gasteiger charge is -2.29. The van der Waals surface area contributed by atoms with Gasteiger partial charge in [0.1, 0.15) is 5.02 Å². The smallest absolute Gasteiger partial charge is 0.288 e. The molecule has 0 spiro atoms. The minimum atomic E-state index is -0.447. The number of anilines is 1. The Kier molecular flexibility index (Phi) is 5.42. The lowest BCUT2D eigenvalue weighted by Crippen LogP contribution is -2.30. The quantitative estimate of drug-likeness (QED) is 0.665. The van der Waals surface area contributed by atoms with Crippen LogP contribution in [-0.4, -0.2) is 36.5 Å². The number of nitro groups is 1. The van der Waals surface area contributed by atoms with Crippen LogP contribution in [0.2, 0.25) is 5.02 Å². The molecular formula is C15H22ClN3O2. The second kappa shape index (κ2) is 7.09. The molecule has 1 fully saturated rings. The first-order valence-electron chi connectivity index (χ1n) is 7.34. The van der Waals surface area contributed by atoms with E-state index in [1.165, 1.54) is 32.0 Å². The molecule has 0 radical (unpaired) electrons. The summed E-state index contributed by atoms with van der Waals surface area (Å²) in [4.78, 5) is 12.7. The topological polar surface area (TPSA) is 58.4 Å². The first-order chi connectivity index (χ1) is 9.97.